The SMILES string of the molecule is CC1=CN2CC(=NCOCc3ccc(N4CCN5CCCC5C4)cc3F)C=C(C(F)(F)F)C2=CCC1C. The highest BCUT2D eigenvalue weighted by Crippen LogP contribution is 2.38. The Hall–Kier alpha value is -2.65. The largest absolute Gasteiger partial charge is 0.418 e. The molecule has 0 N–H and O–H groups in total. The van der Waals surface area contributed by atoms with E-state index < -0.39 is 11.7 Å². The lowest BCUT2D eigenvalue weighted by molar-refractivity contribution is -0.0911. The maximum atomic E-state index is 14.8. The van der Waals surface area contributed by atoms with Gasteiger partial charge >= 0.3 is 6.18 Å². The summed E-state index contributed by atoms with van der Waals surface area (Å²) in [5.41, 5.74) is 2.06. The van der Waals surface area contributed by atoms with Gasteiger partial charge in [0.05, 0.1) is 24.4 Å². The fraction of sp³-hybridized carbons (Fsp3) is 0.536. The molecule has 5 nitrogen and oxygen atoms in total. The fourth-order valence-corrected chi connectivity index (χ4v) is 5.57. The molecule has 37 heavy (non-hydrogen) atoms. The monoisotopic (exact) mass is 518 g/mol. The Morgan fingerprint density at radius 1 is 1.16 bits per heavy atom. The Morgan fingerprint density at radius 2 is 2.00 bits per heavy atom. The van der Waals surface area contributed by atoms with Crippen LogP contribution < -0.4 is 4.90 Å². The number of aliphatic imine (C=N–C) groups is 1. The van der Waals surface area contributed by atoms with Gasteiger partial charge < -0.3 is 14.5 Å². The van der Waals surface area contributed by atoms with E-state index in [9.17, 15) is 17.6 Å². The molecule has 0 spiro atoms. The van der Waals surface area contributed by atoms with Crippen molar-refractivity contribution in [3.63, 3.8) is 0 Å². The van der Waals surface area contributed by atoms with Crippen LogP contribution in [0.1, 0.15) is 38.7 Å². The lowest BCUT2D eigenvalue weighted by Gasteiger charge is -2.38. The summed E-state index contributed by atoms with van der Waals surface area (Å²) in [5.74, 6) is -0.171. The molecule has 200 valence electrons. The lowest BCUT2D eigenvalue weighted by atomic mass is 9.99. The number of piperazine rings is 1. The van der Waals surface area contributed by atoms with E-state index in [1.165, 1.54) is 12.8 Å². The maximum Gasteiger partial charge on any atom is 0.418 e. The van der Waals surface area contributed by atoms with E-state index >= 15 is 0 Å². The van der Waals surface area contributed by atoms with Gasteiger partial charge in [0.1, 0.15) is 12.5 Å². The number of ether oxygens (including phenoxy) is 1. The number of hydrogen-bond donors (Lipinski definition) is 0. The summed E-state index contributed by atoms with van der Waals surface area (Å²) in [7, 11) is 0. The first-order chi connectivity index (χ1) is 17.7. The molecule has 2 atom stereocenters. The Bertz CT molecular complexity index is 1140. The van der Waals surface area contributed by atoms with Crippen molar-refractivity contribution in [3.05, 3.63) is 64.8 Å². The molecule has 2 fully saturated rings. The average molecular weight is 519 g/mol. The first-order valence-electron chi connectivity index (χ1n) is 13.0. The molecule has 0 saturated carbocycles. The van der Waals surface area contributed by atoms with E-state index in [4.69, 9.17) is 4.74 Å². The number of hydrogen-bond acceptors (Lipinski definition) is 5. The summed E-state index contributed by atoms with van der Waals surface area (Å²) in [5, 5.41) is 0. The van der Waals surface area contributed by atoms with E-state index in [1.807, 2.05) is 19.9 Å². The minimum atomic E-state index is -4.49. The first kappa shape index (κ1) is 26.0. The predicted octanol–water partition coefficient (Wildman–Crippen LogP) is 5.66. The van der Waals surface area contributed by atoms with Gasteiger partial charge in [0.15, 0.2) is 0 Å². The minimum Gasteiger partial charge on any atom is -0.369 e. The van der Waals surface area contributed by atoms with Crippen LogP contribution in [0, 0.1) is 11.7 Å². The van der Waals surface area contributed by atoms with E-state index in [0.717, 1.165) is 43.5 Å². The summed E-state index contributed by atoms with van der Waals surface area (Å²) in [6.07, 6.45) is 3.02. The van der Waals surface area contributed by atoms with Crippen LogP contribution in [0.5, 0.6) is 0 Å². The van der Waals surface area contributed by atoms with Gasteiger partial charge in [-0.1, -0.05) is 24.6 Å². The van der Waals surface area contributed by atoms with Gasteiger partial charge in [-0.05, 0) is 56.9 Å². The van der Waals surface area contributed by atoms with E-state index in [1.54, 1.807) is 29.3 Å². The Labute approximate surface area is 215 Å². The fourth-order valence-electron chi connectivity index (χ4n) is 5.57. The lowest BCUT2D eigenvalue weighted by Crippen LogP contribution is -2.50. The second-order valence-electron chi connectivity index (χ2n) is 10.5. The zero-order chi connectivity index (χ0) is 26.2. The van der Waals surface area contributed by atoms with Crippen LogP contribution in [0.25, 0.3) is 0 Å². The summed E-state index contributed by atoms with van der Waals surface area (Å²) in [4.78, 5) is 10.6. The van der Waals surface area contributed by atoms with Crippen molar-refractivity contribution in [1.29, 1.82) is 0 Å². The van der Waals surface area contributed by atoms with Crippen molar-refractivity contribution in [1.82, 2.24) is 9.80 Å². The minimum absolute atomic E-state index is 0.000527. The summed E-state index contributed by atoms with van der Waals surface area (Å²) in [6, 6.07) is 5.75. The highest BCUT2D eigenvalue weighted by Gasteiger charge is 2.40. The number of fused-ring (bicyclic) bond motifs is 2. The zero-order valence-electron chi connectivity index (χ0n) is 21.4. The van der Waals surface area contributed by atoms with Gasteiger partial charge in [-0.2, -0.15) is 13.2 Å². The van der Waals surface area contributed by atoms with Gasteiger partial charge in [-0.15, -0.1) is 0 Å². The Kier molecular flexibility index (Phi) is 7.45. The normalized spacial score (nSPS) is 25.9. The number of rotatable bonds is 5. The van der Waals surface area contributed by atoms with Crippen LogP contribution in [0.2, 0.25) is 0 Å². The van der Waals surface area contributed by atoms with Crippen LogP contribution >= 0.6 is 0 Å². The molecule has 0 radical (unpaired) electrons. The van der Waals surface area contributed by atoms with Crippen molar-refractivity contribution < 1.29 is 22.3 Å². The highest BCUT2D eigenvalue weighted by atomic mass is 19.4. The molecule has 2 unspecified atom stereocenters. The second kappa shape index (κ2) is 10.6. The summed E-state index contributed by atoms with van der Waals surface area (Å²) >= 11 is 0. The molecular weight excluding hydrogens is 484 g/mol. The van der Waals surface area contributed by atoms with Gasteiger partial charge in [-0.3, -0.25) is 9.89 Å². The molecule has 4 aliphatic rings. The third kappa shape index (κ3) is 5.77. The van der Waals surface area contributed by atoms with Crippen molar-refractivity contribution in [2.24, 2.45) is 10.9 Å². The number of anilines is 1. The van der Waals surface area contributed by atoms with Gasteiger partial charge in [0.2, 0.25) is 0 Å². The van der Waals surface area contributed by atoms with Crippen LogP contribution in [0.3, 0.4) is 0 Å². The molecule has 1 aromatic rings. The van der Waals surface area contributed by atoms with Crippen LogP contribution in [0.4, 0.5) is 23.2 Å². The molecule has 1 aromatic carbocycles. The number of benzene rings is 1. The Balaban J connectivity index is 1.22. The molecule has 0 amide bonds. The van der Waals surface area contributed by atoms with E-state index in [-0.39, 0.29) is 43.0 Å². The third-order valence-electron chi connectivity index (χ3n) is 7.94. The molecular formula is C28H34F4N4O. The van der Waals surface area contributed by atoms with Gasteiger partial charge in [0, 0.05) is 48.8 Å². The molecule has 0 aliphatic carbocycles. The Morgan fingerprint density at radius 3 is 2.78 bits per heavy atom. The quantitative estimate of drug-likeness (QED) is 0.372. The molecule has 4 aliphatic heterocycles. The highest BCUT2D eigenvalue weighted by molar-refractivity contribution is 5.99. The molecule has 4 heterocycles. The van der Waals surface area contributed by atoms with Crippen LogP contribution in [-0.4, -0.2) is 67.2 Å². The van der Waals surface area contributed by atoms with E-state index in [0.29, 0.717) is 18.0 Å². The van der Waals surface area contributed by atoms with Crippen molar-refractivity contribution in [3.8, 4) is 0 Å². The van der Waals surface area contributed by atoms with Gasteiger partial charge in [0.25, 0.3) is 0 Å². The van der Waals surface area contributed by atoms with Crippen molar-refractivity contribution in [2.75, 3.05) is 44.4 Å². The third-order valence-corrected chi connectivity index (χ3v) is 7.94. The van der Waals surface area contributed by atoms with Gasteiger partial charge in [-0.25, -0.2) is 4.39 Å². The topological polar surface area (TPSA) is 31.3 Å². The smallest absolute Gasteiger partial charge is 0.369 e. The predicted molar refractivity (Wildman–Crippen MR) is 137 cm³/mol. The molecule has 2 saturated heterocycles. The molecule has 5 rings (SSSR count). The average Bonchev–Trinajstić information content (AvgIpc) is 3.28. The molecule has 9 heteroatoms. The summed E-state index contributed by atoms with van der Waals surface area (Å²) in [6.45, 7) is 7.99. The number of alkyl halides is 3. The number of nitrogens with zero attached hydrogens (tertiary/aromatic N) is 4. The van der Waals surface area contributed by atoms with Crippen molar-refractivity contribution >= 4 is 11.4 Å². The number of halogens is 4. The van der Waals surface area contributed by atoms with Crippen LogP contribution in [0.15, 0.2) is 58.4 Å². The second-order valence-corrected chi connectivity index (χ2v) is 10.5. The first-order valence-corrected chi connectivity index (χ1v) is 13.0. The van der Waals surface area contributed by atoms with Crippen molar-refractivity contribution in [2.45, 2.75) is 51.9 Å². The van der Waals surface area contributed by atoms with E-state index in [2.05, 4.69) is 14.8 Å². The maximum absolute atomic E-state index is 14.8. The summed E-state index contributed by atoms with van der Waals surface area (Å²) < 4.78 is 61.8. The molecule has 0 aromatic heterocycles. The standard InChI is InChI=1S/C28H34F4N4O/c1-19-5-8-27-25(28(30,31)32)12-22(15-36(27)14-20(19)2)33-18-37-17-21-6-7-23(13-26(21)29)35-11-10-34-9-3-4-24(34)16-35/h6-8,12-14,19,24H,3-5,9-11,15-18H2,1-2H3. The zero-order valence-corrected chi connectivity index (χ0v) is 21.4. The van der Waals surface area contributed by atoms with Crippen LogP contribution in [-0.2, 0) is 11.3 Å². The number of allylic oxidation sites excluding steroid dienone is 3. The molecule has 0 bridgehead atoms.